The van der Waals surface area contributed by atoms with Crippen molar-refractivity contribution in [1.29, 1.82) is 0 Å². The lowest BCUT2D eigenvalue weighted by Crippen LogP contribution is -2.45. The Morgan fingerprint density at radius 1 is 1.25 bits per heavy atom. The second kappa shape index (κ2) is 11.5. The minimum Gasteiger partial charge on any atom is -0.335 e. The zero-order valence-corrected chi connectivity index (χ0v) is 21.3. The number of rotatable bonds is 8. The van der Waals surface area contributed by atoms with Crippen LogP contribution < -0.4 is 5.32 Å². The molecular formula is C24H27BrClFN2O2S. The first-order valence-electron chi connectivity index (χ1n) is 10.7. The Balaban J connectivity index is 1.69. The number of hydrogen-bond acceptors (Lipinski definition) is 3. The monoisotopic (exact) mass is 540 g/mol. The van der Waals surface area contributed by atoms with E-state index in [1.807, 2.05) is 40.9 Å². The van der Waals surface area contributed by atoms with Crippen LogP contribution >= 0.6 is 39.3 Å². The Morgan fingerprint density at radius 2 is 1.97 bits per heavy atom. The highest BCUT2D eigenvalue weighted by molar-refractivity contribution is 9.10. The number of anilines is 1. The van der Waals surface area contributed by atoms with Crippen LogP contribution in [0, 0.1) is 11.7 Å². The molecule has 4 nitrogen and oxygen atoms in total. The van der Waals surface area contributed by atoms with Gasteiger partial charge in [0.15, 0.2) is 0 Å². The van der Waals surface area contributed by atoms with Crippen molar-refractivity contribution in [3.63, 3.8) is 0 Å². The molecule has 0 saturated carbocycles. The van der Waals surface area contributed by atoms with Gasteiger partial charge in [-0.15, -0.1) is 0 Å². The molecule has 8 heteroatoms. The van der Waals surface area contributed by atoms with Crippen LogP contribution in [0.5, 0.6) is 0 Å². The summed E-state index contributed by atoms with van der Waals surface area (Å²) in [5, 5.41) is 3.93. The van der Waals surface area contributed by atoms with Gasteiger partial charge in [-0.3, -0.25) is 9.59 Å². The Kier molecular flexibility index (Phi) is 9.03. The SMILES string of the molecule is CC(C)SCCN1C(=O)[C@@H](CC(=O)Nc2ccc(F)c(Br)c2)CCC1c1ccc(Cl)cc1. The standard InChI is InChI=1S/C24H27BrClFN2O2S/c1-15(2)32-12-11-29-22(16-3-6-18(26)7-4-16)10-5-17(24(29)31)13-23(30)28-19-8-9-21(27)20(25)14-19/h3-4,6-9,14-15,17,22H,5,10-13H2,1-2H3,(H,28,30)/t17-,22?/m1/s1. The molecule has 2 amide bonds. The molecule has 1 heterocycles. The largest absolute Gasteiger partial charge is 0.335 e. The number of piperidine rings is 1. The summed E-state index contributed by atoms with van der Waals surface area (Å²) in [4.78, 5) is 27.9. The van der Waals surface area contributed by atoms with Gasteiger partial charge in [0.2, 0.25) is 11.8 Å². The Morgan fingerprint density at radius 3 is 2.62 bits per heavy atom. The molecule has 1 N–H and O–H groups in total. The summed E-state index contributed by atoms with van der Waals surface area (Å²) < 4.78 is 13.7. The lowest BCUT2D eigenvalue weighted by molar-refractivity contribution is -0.143. The molecule has 0 spiro atoms. The number of thioether (sulfide) groups is 1. The van der Waals surface area contributed by atoms with Gasteiger partial charge in [-0.25, -0.2) is 4.39 Å². The number of nitrogens with one attached hydrogen (secondary N) is 1. The number of hydrogen-bond donors (Lipinski definition) is 1. The maximum Gasteiger partial charge on any atom is 0.226 e. The van der Waals surface area contributed by atoms with Crippen LogP contribution in [-0.2, 0) is 9.59 Å². The van der Waals surface area contributed by atoms with Gasteiger partial charge in [0, 0.05) is 35.3 Å². The molecule has 0 aromatic heterocycles. The third kappa shape index (κ3) is 6.72. The number of halogens is 3. The van der Waals surface area contributed by atoms with Gasteiger partial charge in [-0.1, -0.05) is 37.6 Å². The van der Waals surface area contributed by atoms with Gasteiger partial charge in [0.1, 0.15) is 5.82 Å². The molecule has 1 saturated heterocycles. The number of likely N-dealkylation sites (tertiary alicyclic amines) is 1. The predicted molar refractivity (Wildman–Crippen MR) is 134 cm³/mol. The van der Waals surface area contributed by atoms with Crippen molar-refractivity contribution in [2.45, 2.75) is 44.4 Å². The molecule has 2 aromatic rings. The van der Waals surface area contributed by atoms with E-state index >= 15 is 0 Å². The lowest BCUT2D eigenvalue weighted by atomic mass is 9.86. The fourth-order valence-corrected chi connectivity index (χ4v) is 5.19. The quantitative estimate of drug-likeness (QED) is 0.405. The summed E-state index contributed by atoms with van der Waals surface area (Å²) in [5.74, 6) is -0.157. The van der Waals surface area contributed by atoms with Crippen molar-refractivity contribution < 1.29 is 14.0 Å². The molecule has 1 fully saturated rings. The molecule has 0 aliphatic carbocycles. The van der Waals surface area contributed by atoms with Gasteiger partial charge in [0.25, 0.3) is 0 Å². The fourth-order valence-electron chi connectivity index (χ4n) is 3.91. The van der Waals surface area contributed by atoms with Crippen molar-refractivity contribution >= 4 is 56.8 Å². The molecule has 0 bridgehead atoms. The lowest BCUT2D eigenvalue weighted by Gasteiger charge is -2.39. The summed E-state index contributed by atoms with van der Waals surface area (Å²) in [6.07, 6.45) is 1.54. The molecule has 3 rings (SSSR count). The molecular weight excluding hydrogens is 515 g/mol. The molecule has 32 heavy (non-hydrogen) atoms. The molecule has 2 atom stereocenters. The van der Waals surface area contributed by atoms with Crippen molar-refractivity contribution in [2.24, 2.45) is 5.92 Å². The molecule has 1 aliphatic heterocycles. The fraction of sp³-hybridized carbons (Fsp3) is 0.417. The maximum absolute atomic E-state index is 13.4. The predicted octanol–water partition coefficient (Wildman–Crippen LogP) is 6.69. The number of benzene rings is 2. The first-order valence-corrected chi connectivity index (χ1v) is 12.9. The van der Waals surface area contributed by atoms with E-state index in [-0.39, 0.29) is 34.7 Å². The van der Waals surface area contributed by atoms with Crippen LogP contribution in [0.1, 0.15) is 44.7 Å². The maximum atomic E-state index is 13.4. The molecule has 172 valence electrons. The first kappa shape index (κ1) is 25.1. The van der Waals surface area contributed by atoms with Crippen LogP contribution in [0.15, 0.2) is 46.9 Å². The third-order valence-electron chi connectivity index (χ3n) is 5.47. The zero-order valence-electron chi connectivity index (χ0n) is 18.1. The van der Waals surface area contributed by atoms with Crippen LogP contribution in [0.2, 0.25) is 5.02 Å². The van der Waals surface area contributed by atoms with Crippen molar-refractivity contribution in [1.82, 2.24) is 4.90 Å². The van der Waals surface area contributed by atoms with Gasteiger partial charge < -0.3 is 10.2 Å². The summed E-state index contributed by atoms with van der Waals surface area (Å²) in [6, 6.07) is 11.9. The van der Waals surface area contributed by atoms with E-state index in [1.165, 1.54) is 18.2 Å². The number of amides is 2. The number of carbonyl (C=O) groups excluding carboxylic acids is 2. The highest BCUT2D eigenvalue weighted by Gasteiger charge is 2.36. The minimum atomic E-state index is -0.395. The Bertz CT molecular complexity index is 958. The average Bonchev–Trinajstić information content (AvgIpc) is 2.74. The van der Waals surface area contributed by atoms with E-state index in [2.05, 4.69) is 35.1 Å². The van der Waals surface area contributed by atoms with E-state index in [0.717, 1.165) is 17.7 Å². The van der Waals surface area contributed by atoms with Gasteiger partial charge in [0.05, 0.1) is 10.5 Å². The second-order valence-electron chi connectivity index (χ2n) is 8.17. The summed E-state index contributed by atoms with van der Waals surface area (Å²) >= 11 is 11.0. The summed E-state index contributed by atoms with van der Waals surface area (Å²) in [7, 11) is 0. The van der Waals surface area contributed by atoms with E-state index in [1.54, 1.807) is 0 Å². The van der Waals surface area contributed by atoms with E-state index in [9.17, 15) is 14.0 Å². The van der Waals surface area contributed by atoms with Gasteiger partial charge in [-0.05, 0) is 69.9 Å². The van der Waals surface area contributed by atoms with E-state index < -0.39 is 5.82 Å². The Hall–Kier alpha value is -1.57. The molecule has 1 aliphatic rings. The molecule has 0 radical (unpaired) electrons. The molecule has 1 unspecified atom stereocenters. The summed E-state index contributed by atoms with van der Waals surface area (Å²) in [5.41, 5.74) is 1.56. The highest BCUT2D eigenvalue weighted by atomic mass is 79.9. The second-order valence-corrected chi connectivity index (χ2v) is 11.1. The van der Waals surface area contributed by atoms with E-state index in [0.29, 0.717) is 28.9 Å². The Labute approximate surface area is 206 Å². The van der Waals surface area contributed by atoms with Crippen molar-refractivity contribution in [2.75, 3.05) is 17.6 Å². The van der Waals surface area contributed by atoms with Crippen LogP contribution in [0.4, 0.5) is 10.1 Å². The van der Waals surface area contributed by atoms with Crippen LogP contribution in [0.25, 0.3) is 0 Å². The minimum absolute atomic E-state index is 0.0102. The third-order valence-corrected chi connectivity index (χ3v) is 7.42. The molecule has 2 aromatic carbocycles. The first-order chi connectivity index (χ1) is 15.2. The van der Waals surface area contributed by atoms with Crippen LogP contribution in [-0.4, -0.2) is 34.3 Å². The smallest absolute Gasteiger partial charge is 0.226 e. The van der Waals surface area contributed by atoms with E-state index in [4.69, 9.17) is 11.6 Å². The zero-order chi connectivity index (χ0) is 23.3. The number of nitrogens with zero attached hydrogens (tertiary/aromatic N) is 1. The van der Waals surface area contributed by atoms with Crippen LogP contribution in [0.3, 0.4) is 0 Å². The normalized spacial score (nSPS) is 18.8. The highest BCUT2D eigenvalue weighted by Crippen LogP contribution is 2.36. The average molecular weight is 542 g/mol. The summed E-state index contributed by atoms with van der Waals surface area (Å²) in [6.45, 7) is 4.92. The number of carbonyl (C=O) groups is 2. The van der Waals surface area contributed by atoms with Gasteiger partial charge in [-0.2, -0.15) is 11.8 Å². The van der Waals surface area contributed by atoms with Crippen molar-refractivity contribution in [3.8, 4) is 0 Å². The van der Waals surface area contributed by atoms with Crippen molar-refractivity contribution in [3.05, 3.63) is 63.3 Å². The van der Waals surface area contributed by atoms with Gasteiger partial charge >= 0.3 is 0 Å². The topological polar surface area (TPSA) is 49.4 Å².